The predicted molar refractivity (Wildman–Crippen MR) is 78.7 cm³/mol. The molecule has 0 spiro atoms. The summed E-state index contributed by atoms with van der Waals surface area (Å²) in [6, 6.07) is 7.10. The number of imidazole rings is 1. The molecule has 21 heavy (non-hydrogen) atoms. The Bertz CT molecular complexity index is 658. The number of alkyl halides is 1. The number of H-pyrrole nitrogens is 1. The molecule has 1 aliphatic rings. The molecular formula is C14H13BrFN3O2. The van der Waals surface area contributed by atoms with E-state index in [-0.39, 0.29) is 13.0 Å². The number of hydrogen-bond acceptors (Lipinski definition) is 2. The van der Waals surface area contributed by atoms with Gasteiger partial charge in [0.25, 0.3) is 0 Å². The first-order valence-electron chi connectivity index (χ1n) is 6.49. The molecule has 2 heterocycles. The summed E-state index contributed by atoms with van der Waals surface area (Å²) in [7, 11) is 0. The van der Waals surface area contributed by atoms with E-state index in [1.165, 1.54) is 0 Å². The fourth-order valence-electron chi connectivity index (χ4n) is 2.54. The van der Waals surface area contributed by atoms with Gasteiger partial charge in [0.05, 0.1) is 24.5 Å². The Balaban J connectivity index is 1.87. The van der Waals surface area contributed by atoms with Gasteiger partial charge in [-0.15, -0.1) is 0 Å². The van der Waals surface area contributed by atoms with Crippen molar-refractivity contribution in [3.63, 3.8) is 0 Å². The zero-order chi connectivity index (χ0) is 15.0. The molecule has 110 valence electrons. The van der Waals surface area contributed by atoms with Crippen molar-refractivity contribution in [2.75, 3.05) is 6.54 Å². The summed E-state index contributed by atoms with van der Waals surface area (Å²) in [6.07, 6.45) is -0.488. The van der Waals surface area contributed by atoms with Crippen LogP contribution in [0.5, 0.6) is 0 Å². The average molecular weight is 354 g/mol. The van der Waals surface area contributed by atoms with Gasteiger partial charge in [0.2, 0.25) is 0 Å². The second kappa shape index (κ2) is 5.48. The number of halogens is 2. The molecule has 2 aromatic rings. The first kappa shape index (κ1) is 14.1. The van der Waals surface area contributed by atoms with E-state index in [0.29, 0.717) is 5.82 Å². The van der Waals surface area contributed by atoms with Crippen LogP contribution in [0.4, 0.5) is 9.18 Å². The van der Waals surface area contributed by atoms with Crippen LogP contribution < -0.4 is 0 Å². The van der Waals surface area contributed by atoms with E-state index in [1.54, 1.807) is 6.20 Å². The number of carbonyl (C=O) groups is 1. The van der Waals surface area contributed by atoms with Crippen molar-refractivity contribution in [1.82, 2.24) is 14.9 Å². The van der Waals surface area contributed by atoms with Gasteiger partial charge in [-0.3, -0.25) is 4.90 Å². The summed E-state index contributed by atoms with van der Waals surface area (Å²) in [5, 5.41) is 9.13. The molecule has 3 rings (SSSR count). The van der Waals surface area contributed by atoms with E-state index in [1.807, 2.05) is 24.3 Å². The third kappa shape index (κ3) is 2.78. The molecule has 1 saturated heterocycles. The van der Waals surface area contributed by atoms with Crippen molar-refractivity contribution < 1.29 is 14.3 Å². The van der Waals surface area contributed by atoms with E-state index < -0.39 is 18.3 Å². The van der Waals surface area contributed by atoms with Gasteiger partial charge in [-0.25, -0.2) is 14.2 Å². The number of aromatic amines is 1. The molecule has 0 radical (unpaired) electrons. The number of likely N-dealkylation sites (tertiary alicyclic amines) is 1. The molecule has 1 fully saturated rings. The Morgan fingerprint density at radius 3 is 2.81 bits per heavy atom. The third-order valence-corrected chi connectivity index (χ3v) is 4.09. The van der Waals surface area contributed by atoms with Gasteiger partial charge in [-0.2, -0.15) is 0 Å². The lowest BCUT2D eigenvalue weighted by Crippen LogP contribution is -2.30. The number of benzene rings is 1. The highest BCUT2D eigenvalue weighted by molar-refractivity contribution is 9.10. The molecule has 2 unspecified atom stereocenters. The summed E-state index contributed by atoms with van der Waals surface area (Å²) >= 11 is 3.37. The first-order valence-corrected chi connectivity index (χ1v) is 7.28. The topological polar surface area (TPSA) is 69.2 Å². The second-order valence-corrected chi connectivity index (χ2v) is 5.89. The number of nitrogens with one attached hydrogen (secondary N) is 1. The fraction of sp³-hybridized carbons (Fsp3) is 0.286. The molecule has 0 aliphatic carbocycles. The molecule has 2 atom stereocenters. The summed E-state index contributed by atoms with van der Waals surface area (Å²) in [5.41, 5.74) is 1.72. The lowest BCUT2D eigenvalue weighted by atomic mass is 10.2. The van der Waals surface area contributed by atoms with Crippen molar-refractivity contribution in [1.29, 1.82) is 0 Å². The van der Waals surface area contributed by atoms with Crippen molar-refractivity contribution >= 4 is 22.0 Å². The van der Waals surface area contributed by atoms with Crippen LogP contribution in [0.2, 0.25) is 0 Å². The van der Waals surface area contributed by atoms with Crippen LogP contribution in [-0.2, 0) is 0 Å². The molecule has 2 N–H and O–H groups in total. The SMILES string of the molecule is O=C(O)N1CC(F)CC1c1ncc(-c2ccc(Br)cc2)[nH]1. The van der Waals surface area contributed by atoms with E-state index in [2.05, 4.69) is 25.9 Å². The normalized spacial score (nSPS) is 21.7. The summed E-state index contributed by atoms with van der Waals surface area (Å²) in [6.45, 7) is -0.103. The van der Waals surface area contributed by atoms with Gasteiger partial charge >= 0.3 is 6.09 Å². The lowest BCUT2D eigenvalue weighted by molar-refractivity contribution is 0.137. The zero-order valence-electron chi connectivity index (χ0n) is 11.0. The molecule has 1 aliphatic heterocycles. The lowest BCUT2D eigenvalue weighted by Gasteiger charge is -2.18. The number of hydrogen-bond donors (Lipinski definition) is 2. The van der Waals surface area contributed by atoms with E-state index >= 15 is 0 Å². The van der Waals surface area contributed by atoms with Gasteiger partial charge in [0.15, 0.2) is 0 Å². The average Bonchev–Trinajstić information content (AvgIpc) is 3.06. The largest absolute Gasteiger partial charge is 0.465 e. The van der Waals surface area contributed by atoms with Gasteiger partial charge < -0.3 is 10.1 Å². The van der Waals surface area contributed by atoms with Crippen LogP contribution >= 0.6 is 15.9 Å². The Kier molecular flexibility index (Phi) is 3.67. The van der Waals surface area contributed by atoms with Crippen LogP contribution in [0.1, 0.15) is 18.3 Å². The third-order valence-electron chi connectivity index (χ3n) is 3.56. The maximum Gasteiger partial charge on any atom is 0.408 e. The smallest absolute Gasteiger partial charge is 0.408 e. The standard InChI is InChI=1S/C14H13BrFN3O2/c15-9-3-1-8(2-4-9)11-6-17-13(18-11)12-5-10(16)7-19(12)14(20)21/h1-4,6,10,12H,5,7H2,(H,17,18)(H,20,21). The number of amides is 1. The molecule has 1 amide bonds. The van der Waals surface area contributed by atoms with Gasteiger partial charge in [0, 0.05) is 10.9 Å². The predicted octanol–water partition coefficient (Wildman–Crippen LogP) is 3.60. The maximum atomic E-state index is 13.5. The molecule has 0 bridgehead atoms. The first-order chi connectivity index (χ1) is 10.0. The van der Waals surface area contributed by atoms with Crippen molar-refractivity contribution in [2.24, 2.45) is 0 Å². The summed E-state index contributed by atoms with van der Waals surface area (Å²) in [4.78, 5) is 19.6. The summed E-state index contributed by atoms with van der Waals surface area (Å²) in [5.74, 6) is 0.482. The van der Waals surface area contributed by atoms with Crippen LogP contribution in [0.15, 0.2) is 34.9 Å². The number of nitrogens with zero attached hydrogens (tertiary/aromatic N) is 2. The van der Waals surface area contributed by atoms with Gasteiger partial charge in [0.1, 0.15) is 12.0 Å². The second-order valence-electron chi connectivity index (χ2n) is 4.97. The number of carboxylic acid groups (broad SMARTS) is 1. The maximum absolute atomic E-state index is 13.5. The van der Waals surface area contributed by atoms with E-state index in [9.17, 15) is 9.18 Å². The van der Waals surface area contributed by atoms with Crippen molar-refractivity contribution in [2.45, 2.75) is 18.6 Å². The Labute approximate surface area is 128 Å². The highest BCUT2D eigenvalue weighted by atomic mass is 79.9. The molecular weight excluding hydrogens is 341 g/mol. The van der Waals surface area contributed by atoms with E-state index in [4.69, 9.17) is 5.11 Å². The zero-order valence-corrected chi connectivity index (χ0v) is 12.5. The fourth-order valence-corrected chi connectivity index (χ4v) is 2.80. The number of aromatic nitrogens is 2. The molecule has 7 heteroatoms. The number of rotatable bonds is 2. The minimum atomic E-state index is -1.15. The van der Waals surface area contributed by atoms with Crippen LogP contribution in [0.3, 0.4) is 0 Å². The summed E-state index contributed by atoms with van der Waals surface area (Å²) < 4.78 is 14.5. The Morgan fingerprint density at radius 2 is 2.14 bits per heavy atom. The van der Waals surface area contributed by atoms with Gasteiger partial charge in [-0.05, 0) is 17.7 Å². The monoisotopic (exact) mass is 353 g/mol. The highest BCUT2D eigenvalue weighted by Gasteiger charge is 2.38. The van der Waals surface area contributed by atoms with E-state index in [0.717, 1.165) is 20.6 Å². The molecule has 1 aromatic heterocycles. The molecule has 5 nitrogen and oxygen atoms in total. The van der Waals surface area contributed by atoms with Crippen LogP contribution in [0.25, 0.3) is 11.3 Å². The quantitative estimate of drug-likeness (QED) is 0.866. The molecule has 0 saturated carbocycles. The Hall–Kier alpha value is -1.89. The highest BCUT2D eigenvalue weighted by Crippen LogP contribution is 2.33. The van der Waals surface area contributed by atoms with Gasteiger partial charge in [-0.1, -0.05) is 28.1 Å². The Morgan fingerprint density at radius 1 is 1.43 bits per heavy atom. The minimum Gasteiger partial charge on any atom is -0.465 e. The van der Waals surface area contributed by atoms with Crippen LogP contribution in [0, 0.1) is 0 Å². The van der Waals surface area contributed by atoms with Crippen LogP contribution in [-0.4, -0.2) is 38.8 Å². The van der Waals surface area contributed by atoms with Crippen molar-refractivity contribution in [3.8, 4) is 11.3 Å². The molecule has 1 aromatic carbocycles. The minimum absolute atomic E-state index is 0.103. The van der Waals surface area contributed by atoms with Crippen molar-refractivity contribution in [3.05, 3.63) is 40.8 Å².